The Hall–Kier alpha value is -2.41. The summed E-state index contributed by atoms with van der Waals surface area (Å²) in [4.78, 5) is 4.60. The van der Waals surface area contributed by atoms with Crippen LogP contribution in [0, 0.1) is 6.85 Å². The highest BCUT2D eigenvalue weighted by atomic mass is 14.7. The number of benzene rings is 2. The van der Waals surface area contributed by atoms with Gasteiger partial charge in [0.2, 0.25) is 0 Å². The first-order valence-electron chi connectivity index (χ1n) is 11.6. The molecule has 1 saturated carbocycles. The van der Waals surface area contributed by atoms with E-state index in [1.807, 2.05) is 12.1 Å². The fourth-order valence-electron chi connectivity index (χ4n) is 4.54. The Balaban J connectivity index is 1.66. The van der Waals surface area contributed by atoms with Gasteiger partial charge in [-0.25, -0.2) is 0 Å². The predicted molar refractivity (Wildman–Crippen MR) is 108 cm³/mol. The fourth-order valence-corrected chi connectivity index (χ4v) is 4.54. The van der Waals surface area contributed by atoms with Crippen molar-refractivity contribution in [2.24, 2.45) is 0 Å². The van der Waals surface area contributed by atoms with Crippen molar-refractivity contribution < 1.29 is 5.48 Å². The van der Waals surface area contributed by atoms with Gasteiger partial charge in [-0.3, -0.25) is 4.98 Å². The molecule has 2 aliphatic rings. The van der Waals surface area contributed by atoms with Crippen molar-refractivity contribution in [1.82, 2.24) is 4.98 Å². The number of aryl methyl sites for hydroxylation is 1. The molecule has 1 heteroatoms. The van der Waals surface area contributed by atoms with Gasteiger partial charge in [0.1, 0.15) is 0 Å². The molecule has 2 aliphatic carbocycles. The lowest BCUT2D eigenvalue weighted by atomic mass is 9.82. The van der Waals surface area contributed by atoms with Crippen molar-refractivity contribution in [2.45, 2.75) is 51.3 Å². The van der Waals surface area contributed by atoms with Crippen molar-refractivity contribution in [3.8, 4) is 22.4 Å². The van der Waals surface area contributed by atoms with Gasteiger partial charge >= 0.3 is 0 Å². The first kappa shape index (κ1) is 12.1. The molecule has 0 bridgehead atoms. The molecule has 1 aromatic heterocycles. The molecule has 1 nitrogen and oxygen atoms in total. The normalized spacial score (nSPS) is 20.3. The van der Waals surface area contributed by atoms with Crippen molar-refractivity contribution in [3.05, 3.63) is 77.0 Å². The van der Waals surface area contributed by atoms with Gasteiger partial charge in [-0.2, -0.15) is 0 Å². The molecule has 3 aromatic rings. The Morgan fingerprint density at radius 1 is 0.962 bits per heavy atom. The van der Waals surface area contributed by atoms with Gasteiger partial charge in [-0.15, -0.1) is 0 Å². The maximum atomic E-state index is 9.12. The van der Waals surface area contributed by atoms with Gasteiger partial charge in [0.15, 0.2) is 0 Å². The Bertz CT molecular complexity index is 1110. The number of nitrogens with zero attached hydrogens (tertiary/aromatic N) is 1. The third-order valence-electron chi connectivity index (χ3n) is 5.87. The fraction of sp³-hybridized carbons (Fsp3) is 0.320. The molecule has 5 rings (SSSR count). The first-order valence-corrected chi connectivity index (χ1v) is 9.58. The van der Waals surface area contributed by atoms with Gasteiger partial charge in [-0.05, 0) is 71.5 Å². The summed E-state index contributed by atoms with van der Waals surface area (Å²) in [5.41, 5.74) is 7.73. The highest BCUT2D eigenvalue weighted by Crippen LogP contribution is 2.42. The number of hydrogen-bond acceptors (Lipinski definition) is 1. The molecule has 0 aliphatic heterocycles. The van der Waals surface area contributed by atoms with E-state index in [0.29, 0.717) is 18.4 Å². The zero-order valence-electron chi connectivity index (χ0n) is 18.9. The summed E-state index contributed by atoms with van der Waals surface area (Å²) in [5.74, 6) is -0.847. The molecule has 1 heterocycles. The van der Waals surface area contributed by atoms with Crippen molar-refractivity contribution in [2.75, 3.05) is 0 Å². The topological polar surface area (TPSA) is 12.9 Å². The van der Waals surface area contributed by atoms with Crippen molar-refractivity contribution in [1.29, 1.82) is 0 Å². The lowest BCUT2D eigenvalue weighted by Crippen LogP contribution is -2.07. The van der Waals surface area contributed by atoms with Gasteiger partial charge in [0, 0.05) is 17.2 Å². The van der Waals surface area contributed by atoms with E-state index in [-0.39, 0.29) is 5.56 Å². The molecule has 0 radical (unpaired) electrons. The molecule has 0 N–H and O–H groups in total. The SMILES string of the molecule is [2H]C([2H])([2H])c1cnc(-c2cccc3c2Cc2ccccc2-3)cc1C1([2H])CCCCC1. The Labute approximate surface area is 161 Å². The standard InChI is InChI=1S/C25H25N/c1-17-16-26-25(15-23(17)18-8-3-2-4-9-18)22-13-7-12-21-20-11-6-5-10-19(20)14-24(21)22/h5-7,10-13,15-16,18H,2-4,8-9,14H2,1H3/i1D3,18D. The van der Waals surface area contributed by atoms with E-state index in [0.717, 1.165) is 36.9 Å². The van der Waals surface area contributed by atoms with Crippen LogP contribution in [0.4, 0.5) is 0 Å². The summed E-state index contributed by atoms with van der Waals surface area (Å²) in [5, 5.41) is 0. The van der Waals surface area contributed by atoms with E-state index >= 15 is 0 Å². The number of pyridine rings is 1. The quantitative estimate of drug-likeness (QED) is 0.396. The van der Waals surface area contributed by atoms with Crippen LogP contribution in [0.3, 0.4) is 0 Å². The Kier molecular flexibility index (Phi) is 2.97. The Morgan fingerprint density at radius 2 is 1.77 bits per heavy atom. The molecule has 0 amide bonds. The van der Waals surface area contributed by atoms with E-state index < -0.39 is 12.7 Å². The number of aromatic nitrogens is 1. The van der Waals surface area contributed by atoms with E-state index in [1.54, 1.807) is 0 Å². The average Bonchev–Trinajstić information content (AvgIpc) is 3.12. The van der Waals surface area contributed by atoms with Crippen LogP contribution >= 0.6 is 0 Å². The van der Waals surface area contributed by atoms with Crippen LogP contribution in [-0.4, -0.2) is 4.98 Å². The van der Waals surface area contributed by atoms with E-state index in [9.17, 15) is 0 Å². The van der Waals surface area contributed by atoms with Crippen LogP contribution in [0.1, 0.15) is 65.7 Å². The third kappa shape index (κ3) is 2.58. The summed E-state index contributed by atoms with van der Waals surface area (Å²) in [6.07, 6.45) is 6.83. The summed E-state index contributed by atoms with van der Waals surface area (Å²) in [7, 11) is 0. The van der Waals surface area contributed by atoms with Crippen LogP contribution in [0.5, 0.6) is 0 Å². The second kappa shape index (κ2) is 6.39. The van der Waals surface area contributed by atoms with Gasteiger partial charge in [-0.1, -0.05) is 61.7 Å². The predicted octanol–water partition coefficient (Wildman–Crippen LogP) is 6.68. The molecule has 0 spiro atoms. The largest absolute Gasteiger partial charge is 0.256 e. The minimum atomic E-state index is -2.26. The summed E-state index contributed by atoms with van der Waals surface area (Å²) in [6.45, 7) is -2.26. The van der Waals surface area contributed by atoms with Crippen LogP contribution in [0.25, 0.3) is 22.4 Å². The summed E-state index contributed by atoms with van der Waals surface area (Å²) < 4.78 is 33.2. The van der Waals surface area contributed by atoms with Crippen LogP contribution in [0.15, 0.2) is 54.7 Å². The maximum Gasteiger partial charge on any atom is 0.0708 e. The zero-order valence-corrected chi connectivity index (χ0v) is 14.9. The Morgan fingerprint density at radius 3 is 2.65 bits per heavy atom. The highest BCUT2D eigenvalue weighted by Gasteiger charge is 2.23. The number of hydrogen-bond donors (Lipinski definition) is 0. The lowest BCUT2D eigenvalue weighted by molar-refractivity contribution is 0.442. The van der Waals surface area contributed by atoms with E-state index in [1.165, 1.54) is 28.5 Å². The molecule has 2 aromatic carbocycles. The molecule has 0 saturated heterocycles. The summed E-state index contributed by atoms with van der Waals surface area (Å²) >= 11 is 0. The molecule has 0 unspecified atom stereocenters. The van der Waals surface area contributed by atoms with E-state index in [4.69, 9.17) is 5.48 Å². The van der Waals surface area contributed by atoms with Gasteiger partial charge in [0.05, 0.1) is 5.69 Å². The highest BCUT2D eigenvalue weighted by molar-refractivity contribution is 5.84. The van der Waals surface area contributed by atoms with Gasteiger partial charge < -0.3 is 0 Å². The molecule has 26 heavy (non-hydrogen) atoms. The number of fused-ring (bicyclic) bond motifs is 3. The van der Waals surface area contributed by atoms with Gasteiger partial charge in [0.25, 0.3) is 0 Å². The second-order valence-electron chi connectivity index (χ2n) is 7.44. The van der Waals surface area contributed by atoms with Crippen LogP contribution < -0.4 is 0 Å². The average molecular weight is 344 g/mol. The van der Waals surface area contributed by atoms with Crippen LogP contribution in [-0.2, 0) is 6.42 Å². The van der Waals surface area contributed by atoms with Crippen molar-refractivity contribution in [3.63, 3.8) is 0 Å². The minimum Gasteiger partial charge on any atom is -0.256 e. The van der Waals surface area contributed by atoms with E-state index in [2.05, 4.69) is 41.4 Å². The molecule has 1 fully saturated rings. The van der Waals surface area contributed by atoms with Crippen LogP contribution in [0.2, 0.25) is 0 Å². The summed E-state index contributed by atoms with van der Waals surface area (Å²) in [6, 6.07) is 16.6. The molecule has 0 atom stereocenters. The first-order chi connectivity index (χ1) is 14.4. The monoisotopic (exact) mass is 343 g/mol. The zero-order chi connectivity index (χ0) is 20.9. The molecular formula is C25H25N. The maximum absolute atomic E-state index is 9.12. The molecule has 130 valence electrons. The van der Waals surface area contributed by atoms with Crippen molar-refractivity contribution >= 4 is 0 Å². The minimum absolute atomic E-state index is 0.235. The number of rotatable bonds is 2. The second-order valence-corrected chi connectivity index (χ2v) is 7.44. The smallest absolute Gasteiger partial charge is 0.0708 e. The molecular weight excluding hydrogens is 314 g/mol. The lowest BCUT2D eigenvalue weighted by Gasteiger charge is -2.24. The third-order valence-corrected chi connectivity index (χ3v) is 5.87.